The van der Waals surface area contributed by atoms with Crippen LogP contribution in [0.2, 0.25) is 0 Å². The molecule has 1 saturated carbocycles. The van der Waals surface area contributed by atoms with E-state index in [1.165, 1.54) is 159 Å². The van der Waals surface area contributed by atoms with Gasteiger partial charge in [-0.25, -0.2) is 0 Å². The SMILES string of the molecule is Cc1cc2c(cc1N1c3cc4c(cc3B3c5cc6c(cc5N(c5ccc(C(C)(C)C)cc5-c5ccccc5)c5cc(N7c8ccc(-c9ccc(C(C)(C)C)cc9)cc8C8(C)CCCCC78C)cc1c53)C(C)(C)CC6(C)C)C(C)(C)CCC4(C)C)C(C)(C)CCC2(C)C. The van der Waals surface area contributed by atoms with Gasteiger partial charge in [0.2, 0.25) is 0 Å². The van der Waals surface area contributed by atoms with Crippen LogP contribution in [0.1, 0.15) is 252 Å². The highest BCUT2D eigenvalue weighted by Gasteiger charge is 2.59. The molecule has 3 nitrogen and oxygen atoms in total. The van der Waals surface area contributed by atoms with E-state index >= 15 is 0 Å². The van der Waals surface area contributed by atoms with E-state index in [1.54, 1.807) is 0 Å². The lowest BCUT2D eigenvalue weighted by atomic mass is 9.33. The van der Waals surface area contributed by atoms with Gasteiger partial charge >= 0.3 is 0 Å². The maximum Gasteiger partial charge on any atom is 0.252 e. The molecule has 3 aliphatic heterocycles. The van der Waals surface area contributed by atoms with Crippen LogP contribution in [0.25, 0.3) is 22.3 Å². The van der Waals surface area contributed by atoms with Gasteiger partial charge in [0.15, 0.2) is 0 Å². The summed E-state index contributed by atoms with van der Waals surface area (Å²) in [6.45, 7) is 52.1. The van der Waals surface area contributed by atoms with Gasteiger partial charge in [-0.3, -0.25) is 0 Å². The molecule has 4 aliphatic carbocycles. The second-order valence-electron chi connectivity index (χ2n) is 36.6. The van der Waals surface area contributed by atoms with E-state index in [4.69, 9.17) is 0 Å². The highest BCUT2D eigenvalue weighted by Crippen LogP contribution is 2.64. The number of hydrogen-bond donors (Lipinski definition) is 0. The normalized spacial score (nSPS) is 23.0. The number of fused-ring (bicyclic) bond motifs is 10. The molecule has 0 N–H and O–H groups in total. The van der Waals surface area contributed by atoms with Gasteiger partial charge in [-0.1, -0.05) is 229 Å². The molecule has 0 saturated heterocycles. The van der Waals surface area contributed by atoms with Gasteiger partial charge in [0, 0.05) is 50.8 Å². The number of benzene rings is 8. The van der Waals surface area contributed by atoms with Gasteiger partial charge in [0.1, 0.15) is 0 Å². The highest BCUT2D eigenvalue weighted by atomic mass is 15.3. The monoisotopic (exact) mass is 1210 g/mol. The van der Waals surface area contributed by atoms with E-state index in [0.29, 0.717) is 0 Å². The summed E-state index contributed by atoms with van der Waals surface area (Å²) in [7, 11) is 0. The lowest BCUT2D eigenvalue weighted by Gasteiger charge is -2.51. The summed E-state index contributed by atoms with van der Waals surface area (Å²) < 4.78 is 0. The van der Waals surface area contributed by atoms with Crippen LogP contribution in [-0.4, -0.2) is 12.3 Å². The fraction of sp³-hybridized carbons (Fsp3) is 0.455. The summed E-state index contributed by atoms with van der Waals surface area (Å²) in [6, 6.07) is 57.8. The van der Waals surface area contributed by atoms with E-state index in [2.05, 4.69) is 300 Å². The summed E-state index contributed by atoms with van der Waals surface area (Å²) in [5.74, 6) is 0. The molecule has 0 bridgehead atoms. The van der Waals surface area contributed by atoms with Crippen molar-refractivity contribution < 1.29 is 0 Å². The molecule has 0 amide bonds. The van der Waals surface area contributed by atoms with Crippen LogP contribution in [-0.2, 0) is 48.7 Å². The van der Waals surface area contributed by atoms with E-state index < -0.39 is 0 Å². The number of anilines is 8. The third-order valence-electron chi connectivity index (χ3n) is 25.5. The summed E-state index contributed by atoms with van der Waals surface area (Å²) in [6.07, 6.45) is 10.4. The molecule has 1 fully saturated rings. The molecule has 0 radical (unpaired) electrons. The molecule has 2 unspecified atom stereocenters. The molecule has 2 atom stereocenters. The standard InChI is InChI=1S/C88H104BN3/c1-54-43-62-65(83(12,13)41-39-81(62,8)9)50-73(54)91-75-51-66-63(82(10,11)40-42-84(66,14)15)48-69(75)89-70-49-64-67(86(18,19)53-85(64,16)17)52-74(70)90(71-36-34-59(80(5,6)7)45-61(71)56-27-23-22-24-28-56)76-46-60(47-77(91)78(76)89)92-72-35-31-57(55-29-32-58(33-30-55)79(2,3)4)44-68(72)87(20)37-25-26-38-88(87,92)21/h22-24,27-36,43-52H,25-26,37-42,53H2,1-21H3. The summed E-state index contributed by atoms with van der Waals surface area (Å²) in [5.41, 5.74) is 34.2. The number of hydrogen-bond acceptors (Lipinski definition) is 3. The predicted octanol–water partition coefficient (Wildman–Crippen LogP) is 22.4. The van der Waals surface area contributed by atoms with Crippen molar-refractivity contribution in [2.24, 2.45) is 0 Å². The van der Waals surface area contributed by atoms with Crippen LogP contribution < -0.4 is 31.1 Å². The summed E-state index contributed by atoms with van der Waals surface area (Å²) in [4.78, 5) is 8.57. The lowest BCUT2D eigenvalue weighted by Crippen LogP contribution is -2.62. The quantitative estimate of drug-likeness (QED) is 0.159. The zero-order valence-electron chi connectivity index (χ0n) is 60.1. The maximum absolute atomic E-state index is 2.90. The first-order chi connectivity index (χ1) is 43.0. The highest BCUT2D eigenvalue weighted by molar-refractivity contribution is 7.00. The number of aryl methyl sites for hydroxylation is 1. The fourth-order valence-corrected chi connectivity index (χ4v) is 19.6. The summed E-state index contributed by atoms with van der Waals surface area (Å²) in [5, 5.41) is 0. The Balaban J connectivity index is 1.11. The molecule has 8 aromatic carbocycles. The van der Waals surface area contributed by atoms with Crippen molar-refractivity contribution in [3.05, 3.63) is 195 Å². The Hall–Kier alpha value is -6.78. The summed E-state index contributed by atoms with van der Waals surface area (Å²) >= 11 is 0. The van der Waals surface area contributed by atoms with E-state index in [9.17, 15) is 0 Å². The van der Waals surface area contributed by atoms with Crippen molar-refractivity contribution in [2.45, 2.75) is 257 Å². The Labute approximate surface area is 554 Å². The first kappa shape index (κ1) is 61.4. The minimum atomic E-state index is -0.219. The third-order valence-corrected chi connectivity index (χ3v) is 25.5. The van der Waals surface area contributed by atoms with Crippen molar-refractivity contribution in [1.29, 1.82) is 0 Å². The van der Waals surface area contributed by atoms with E-state index in [1.807, 2.05) is 0 Å². The zero-order chi connectivity index (χ0) is 65.4. The van der Waals surface area contributed by atoms with Gasteiger partial charge in [0.25, 0.3) is 6.71 Å². The second-order valence-corrected chi connectivity index (χ2v) is 36.6. The van der Waals surface area contributed by atoms with Crippen molar-refractivity contribution in [3.63, 3.8) is 0 Å². The molecular weight excluding hydrogens is 1110 g/mol. The molecular formula is C88H104BN3. The van der Waals surface area contributed by atoms with E-state index in [-0.39, 0.29) is 61.0 Å². The minimum Gasteiger partial charge on any atom is -0.334 e. The number of rotatable bonds is 5. The molecule has 15 rings (SSSR count). The average molecular weight is 1210 g/mol. The molecule has 0 aromatic heterocycles. The molecule has 7 aliphatic rings. The lowest BCUT2D eigenvalue weighted by molar-refractivity contribution is 0.195. The number of nitrogens with zero attached hydrogens (tertiary/aromatic N) is 3. The predicted molar refractivity (Wildman–Crippen MR) is 398 cm³/mol. The third kappa shape index (κ3) is 8.92. The topological polar surface area (TPSA) is 9.72 Å². The van der Waals surface area contributed by atoms with Crippen molar-refractivity contribution in [2.75, 3.05) is 14.7 Å². The maximum atomic E-state index is 2.90. The molecule has 8 aromatic rings. The molecule has 92 heavy (non-hydrogen) atoms. The van der Waals surface area contributed by atoms with E-state index in [0.717, 1.165) is 38.5 Å². The second kappa shape index (κ2) is 19.7. The van der Waals surface area contributed by atoms with Crippen LogP contribution in [0.3, 0.4) is 0 Å². The Morgan fingerprint density at radius 3 is 1.37 bits per heavy atom. The van der Waals surface area contributed by atoms with Crippen LogP contribution in [0.5, 0.6) is 0 Å². The molecule has 474 valence electrons. The Bertz CT molecular complexity index is 4400. The van der Waals surface area contributed by atoms with Crippen LogP contribution in [0.15, 0.2) is 140 Å². The average Bonchev–Trinajstić information content (AvgIpc) is 1.69. The fourth-order valence-electron chi connectivity index (χ4n) is 19.6. The van der Waals surface area contributed by atoms with Gasteiger partial charge in [0.05, 0.1) is 11.2 Å². The first-order valence-electron chi connectivity index (χ1n) is 35.5. The van der Waals surface area contributed by atoms with Crippen molar-refractivity contribution in [3.8, 4) is 22.3 Å². The molecule has 4 heteroatoms. The Morgan fingerprint density at radius 2 is 0.815 bits per heavy atom. The largest absolute Gasteiger partial charge is 0.334 e. The first-order valence-corrected chi connectivity index (χ1v) is 35.5. The molecule has 0 spiro atoms. The van der Waals surface area contributed by atoms with Gasteiger partial charge in [-0.05, 0) is 245 Å². The van der Waals surface area contributed by atoms with Crippen LogP contribution in [0, 0.1) is 6.92 Å². The van der Waals surface area contributed by atoms with Crippen molar-refractivity contribution >= 4 is 68.6 Å². The smallest absolute Gasteiger partial charge is 0.252 e. The zero-order valence-corrected chi connectivity index (χ0v) is 60.1. The van der Waals surface area contributed by atoms with Crippen LogP contribution in [0.4, 0.5) is 45.5 Å². The van der Waals surface area contributed by atoms with Gasteiger partial charge in [-0.2, -0.15) is 0 Å². The van der Waals surface area contributed by atoms with Gasteiger partial charge < -0.3 is 14.7 Å². The molecule has 3 heterocycles. The Kier molecular flexibility index (Phi) is 13.1. The van der Waals surface area contributed by atoms with Crippen molar-refractivity contribution in [1.82, 2.24) is 0 Å². The van der Waals surface area contributed by atoms with Gasteiger partial charge in [-0.15, -0.1) is 0 Å². The Morgan fingerprint density at radius 1 is 0.359 bits per heavy atom. The van der Waals surface area contributed by atoms with Crippen LogP contribution >= 0.6 is 0 Å². The minimum absolute atomic E-state index is 0.00285.